The number of rotatable bonds is 5. The summed E-state index contributed by atoms with van der Waals surface area (Å²) in [6, 6.07) is 9.34. The summed E-state index contributed by atoms with van der Waals surface area (Å²) in [5, 5.41) is 2.74. The zero-order chi connectivity index (χ0) is 15.4. The normalized spacial score (nSPS) is 12.3. The van der Waals surface area contributed by atoms with Gasteiger partial charge in [0, 0.05) is 5.56 Å². The molecular formula is C15H13F4NO. The Morgan fingerprint density at radius 2 is 1.71 bits per heavy atom. The summed E-state index contributed by atoms with van der Waals surface area (Å²) in [7, 11) is 0. The summed E-state index contributed by atoms with van der Waals surface area (Å²) in [5.41, 5.74) is 0.371. The van der Waals surface area contributed by atoms with Crippen LogP contribution in [0.4, 0.5) is 23.2 Å². The van der Waals surface area contributed by atoms with Crippen LogP contribution in [0, 0.1) is 11.6 Å². The number of benzene rings is 2. The van der Waals surface area contributed by atoms with Gasteiger partial charge in [-0.05, 0) is 25.1 Å². The van der Waals surface area contributed by atoms with E-state index >= 15 is 0 Å². The fourth-order valence-corrected chi connectivity index (χ4v) is 1.97. The molecule has 0 saturated carbocycles. The molecule has 0 spiro atoms. The molecule has 0 radical (unpaired) electrons. The second-order valence-electron chi connectivity index (χ2n) is 4.38. The van der Waals surface area contributed by atoms with E-state index in [4.69, 9.17) is 0 Å². The molecule has 1 atom stereocenters. The lowest BCUT2D eigenvalue weighted by Crippen LogP contribution is -2.12. The van der Waals surface area contributed by atoms with Crippen LogP contribution in [0.5, 0.6) is 5.75 Å². The molecular weight excluding hydrogens is 286 g/mol. The van der Waals surface area contributed by atoms with Crippen LogP contribution >= 0.6 is 0 Å². The van der Waals surface area contributed by atoms with Crippen molar-refractivity contribution in [3.63, 3.8) is 0 Å². The lowest BCUT2D eigenvalue weighted by atomic mass is 10.1. The van der Waals surface area contributed by atoms with E-state index in [0.717, 1.165) is 6.07 Å². The molecule has 6 heteroatoms. The average Bonchev–Trinajstić information content (AvgIpc) is 2.44. The minimum atomic E-state index is -2.95. The highest BCUT2D eigenvalue weighted by Crippen LogP contribution is 2.29. The molecule has 0 aliphatic carbocycles. The third-order valence-electron chi connectivity index (χ3n) is 2.93. The van der Waals surface area contributed by atoms with Gasteiger partial charge in [-0.2, -0.15) is 8.78 Å². The van der Waals surface area contributed by atoms with Gasteiger partial charge in [-0.1, -0.05) is 24.3 Å². The maximum Gasteiger partial charge on any atom is 0.387 e. The van der Waals surface area contributed by atoms with E-state index in [9.17, 15) is 17.6 Å². The fraction of sp³-hybridized carbons (Fsp3) is 0.200. The van der Waals surface area contributed by atoms with Crippen molar-refractivity contribution >= 4 is 5.69 Å². The molecule has 2 aromatic carbocycles. The molecule has 0 aliphatic rings. The number of alkyl halides is 2. The van der Waals surface area contributed by atoms with Gasteiger partial charge in [-0.3, -0.25) is 0 Å². The highest BCUT2D eigenvalue weighted by molar-refractivity contribution is 5.49. The van der Waals surface area contributed by atoms with Gasteiger partial charge >= 0.3 is 6.61 Å². The summed E-state index contributed by atoms with van der Waals surface area (Å²) in [6.45, 7) is -1.32. The van der Waals surface area contributed by atoms with Crippen LogP contribution in [0.2, 0.25) is 0 Å². The summed E-state index contributed by atoms with van der Waals surface area (Å²) in [5.74, 6) is -2.01. The first-order valence-electron chi connectivity index (χ1n) is 6.23. The van der Waals surface area contributed by atoms with E-state index in [1.54, 1.807) is 25.1 Å². The lowest BCUT2D eigenvalue weighted by Gasteiger charge is -2.19. The number of nitrogens with one attached hydrogen (secondary N) is 1. The Bertz CT molecular complexity index is 618. The Labute approximate surface area is 119 Å². The van der Waals surface area contributed by atoms with Crippen molar-refractivity contribution in [2.24, 2.45) is 0 Å². The molecule has 1 unspecified atom stereocenters. The van der Waals surface area contributed by atoms with Crippen LogP contribution < -0.4 is 10.1 Å². The standard InChI is InChI=1S/C15H13F4NO/c1-9(20-12-7-4-6-11(16)14(12)17)10-5-2-3-8-13(10)21-15(18)19/h2-9,15,20H,1H3. The highest BCUT2D eigenvalue weighted by atomic mass is 19.3. The van der Waals surface area contributed by atoms with Gasteiger partial charge in [0.15, 0.2) is 11.6 Å². The van der Waals surface area contributed by atoms with Gasteiger partial charge in [-0.25, -0.2) is 8.78 Å². The average molecular weight is 299 g/mol. The molecule has 2 rings (SSSR count). The van der Waals surface area contributed by atoms with Crippen LogP contribution in [0.3, 0.4) is 0 Å². The highest BCUT2D eigenvalue weighted by Gasteiger charge is 2.16. The summed E-state index contributed by atoms with van der Waals surface area (Å²) in [6.07, 6.45) is 0. The molecule has 0 amide bonds. The Balaban J connectivity index is 2.24. The van der Waals surface area contributed by atoms with E-state index in [0.29, 0.717) is 5.56 Å². The third kappa shape index (κ3) is 3.65. The van der Waals surface area contributed by atoms with Crippen molar-refractivity contribution < 1.29 is 22.3 Å². The number of hydrogen-bond donors (Lipinski definition) is 1. The number of para-hydroxylation sites is 1. The topological polar surface area (TPSA) is 21.3 Å². The summed E-state index contributed by atoms with van der Waals surface area (Å²) in [4.78, 5) is 0. The van der Waals surface area contributed by atoms with E-state index in [-0.39, 0.29) is 11.4 Å². The van der Waals surface area contributed by atoms with Crippen LogP contribution in [0.15, 0.2) is 42.5 Å². The van der Waals surface area contributed by atoms with Crippen LogP contribution in [0.1, 0.15) is 18.5 Å². The molecule has 0 aromatic heterocycles. The van der Waals surface area contributed by atoms with Gasteiger partial charge in [-0.15, -0.1) is 0 Å². The molecule has 2 nitrogen and oxygen atoms in total. The molecule has 0 fully saturated rings. The van der Waals surface area contributed by atoms with Gasteiger partial charge in [0.05, 0.1) is 11.7 Å². The zero-order valence-electron chi connectivity index (χ0n) is 11.1. The Hall–Kier alpha value is -2.24. The second kappa shape index (κ2) is 6.47. The van der Waals surface area contributed by atoms with Gasteiger partial charge in [0.25, 0.3) is 0 Å². The number of hydrogen-bond acceptors (Lipinski definition) is 2. The second-order valence-corrected chi connectivity index (χ2v) is 4.38. The molecule has 0 saturated heterocycles. The number of ether oxygens (including phenoxy) is 1. The first kappa shape index (κ1) is 15.2. The number of halogens is 4. The smallest absolute Gasteiger partial charge is 0.387 e. The van der Waals surface area contributed by atoms with E-state index in [1.807, 2.05) is 0 Å². The minimum Gasteiger partial charge on any atom is -0.434 e. The maximum absolute atomic E-state index is 13.6. The maximum atomic E-state index is 13.6. The van der Waals surface area contributed by atoms with Crippen molar-refractivity contribution in [3.8, 4) is 5.75 Å². The Kier molecular flexibility index (Phi) is 4.67. The molecule has 0 aliphatic heterocycles. The van der Waals surface area contributed by atoms with Gasteiger partial charge in [0.1, 0.15) is 5.75 Å². The van der Waals surface area contributed by atoms with Crippen molar-refractivity contribution in [1.82, 2.24) is 0 Å². The van der Waals surface area contributed by atoms with Crippen molar-refractivity contribution in [2.45, 2.75) is 19.6 Å². The molecule has 1 N–H and O–H groups in total. The fourth-order valence-electron chi connectivity index (χ4n) is 1.97. The summed E-state index contributed by atoms with van der Waals surface area (Å²) >= 11 is 0. The largest absolute Gasteiger partial charge is 0.434 e. The number of anilines is 1. The van der Waals surface area contributed by atoms with Gasteiger partial charge in [0.2, 0.25) is 0 Å². The van der Waals surface area contributed by atoms with Crippen LogP contribution in [-0.2, 0) is 0 Å². The SMILES string of the molecule is CC(Nc1cccc(F)c1F)c1ccccc1OC(F)F. The zero-order valence-corrected chi connectivity index (χ0v) is 11.1. The monoisotopic (exact) mass is 299 g/mol. The predicted octanol–water partition coefficient (Wildman–Crippen LogP) is 4.74. The molecule has 0 heterocycles. The predicted molar refractivity (Wildman–Crippen MR) is 71.5 cm³/mol. The van der Waals surface area contributed by atoms with Gasteiger partial charge < -0.3 is 10.1 Å². The van der Waals surface area contributed by atoms with Crippen molar-refractivity contribution in [3.05, 3.63) is 59.7 Å². The van der Waals surface area contributed by atoms with Crippen LogP contribution in [0.25, 0.3) is 0 Å². The van der Waals surface area contributed by atoms with Crippen molar-refractivity contribution in [1.29, 1.82) is 0 Å². The molecule has 0 bridgehead atoms. The lowest BCUT2D eigenvalue weighted by molar-refractivity contribution is -0.0505. The third-order valence-corrected chi connectivity index (χ3v) is 2.93. The molecule has 2 aromatic rings. The van der Waals surface area contributed by atoms with E-state index in [2.05, 4.69) is 10.1 Å². The van der Waals surface area contributed by atoms with Crippen molar-refractivity contribution in [2.75, 3.05) is 5.32 Å². The molecule has 21 heavy (non-hydrogen) atoms. The minimum absolute atomic E-state index is 0.00990. The Morgan fingerprint density at radius 3 is 2.43 bits per heavy atom. The Morgan fingerprint density at radius 1 is 1.00 bits per heavy atom. The summed E-state index contributed by atoms with van der Waals surface area (Å²) < 4.78 is 55.9. The first-order chi connectivity index (χ1) is 9.99. The van der Waals surface area contributed by atoms with E-state index in [1.165, 1.54) is 18.2 Å². The quantitative estimate of drug-likeness (QED) is 0.805. The molecule has 112 valence electrons. The van der Waals surface area contributed by atoms with E-state index < -0.39 is 24.3 Å². The van der Waals surface area contributed by atoms with Crippen LogP contribution in [-0.4, -0.2) is 6.61 Å². The first-order valence-corrected chi connectivity index (χ1v) is 6.23.